The number of hydrogen-bond donors (Lipinski definition) is 2. The number of rotatable bonds is 12. The van der Waals surface area contributed by atoms with E-state index in [-0.39, 0.29) is 19.1 Å². The highest BCUT2D eigenvalue weighted by Gasteiger charge is 2.26. The van der Waals surface area contributed by atoms with Crippen LogP contribution in [0, 0.1) is 6.92 Å². The van der Waals surface area contributed by atoms with Crippen molar-refractivity contribution in [2.45, 2.75) is 47.2 Å². The van der Waals surface area contributed by atoms with Crippen molar-refractivity contribution >= 4 is 41.7 Å². The molecule has 0 spiro atoms. The zero-order valence-electron chi connectivity index (χ0n) is 22.5. The van der Waals surface area contributed by atoms with Crippen molar-refractivity contribution in [2.75, 3.05) is 18.5 Å². The van der Waals surface area contributed by atoms with E-state index in [1.54, 1.807) is 54.9 Å². The monoisotopic (exact) mass is 552 g/mol. The quantitative estimate of drug-likeness (QED) is 0.252. The topological polar surface area (TPSA) is 143 Å². The highest BCUT2D eigenvalue weighted by molar-refractivity contribution is 7.62. The maximum Gasteiger partial charge on any atom is 0.361 e. The Morgan fingerprint density at radius 2 is 1.72 bits per heavy atom. The molecule has 2 aromatic carbocycles. The SMILES string of the molecule is CCOP(=O)(OCC)c1ccc(CCn2c(NC(=O)c3cc(C)nn3CC)nc3cc(C(N)=O)ccc32)cc1. The number of amides is 2. The van der Waals surface area contributed by atoms with E-state index >= 15 is 0 Å². The maximum atomic E-state index is 13.2. The van der Waals surface area contributed by atoms with Crippen LogP contribution in [0.5, 0.6) is 0 Å². The molecule has 12 heteroatoms. The molecule has 4 rings (SSSR count). The molecule has 0 bridgehead atoms. The lowest BCUT2D eigenvalue weighted by atomic mass is 10.1. The Kier molecular flexibility index (Phi) is 8.64. The second-order valence-electron chi connectivity index (χ2n) is 8.85. The standard InChI is InChI=1S/C27H33N6O5P/c1-5-33-24(16-18(4)31-33)26(35)30-27-29-22-17-20(25(28)34)10-13-23(22)32(27)15-14-19-8-11-21(12-9-19)39(36,37-6-2)38-7-3/h8-13,16-17H,5-7,14-15H2,1-4H3,(H2,28,34)(H,29,30,35). The number of aromatic nitrogens is 4. The first kappa shape index (κ1) is 28.2. The lowest BCUT2D eigenvalue weighted by Crippen LogP contribution is -2.20. The van der Waals surface area contributed by atoms with Gasteiger partial charge in [-0.2, -0.15) is 5.10 Å². The number of aryl methyl sites for hydroxylation is 4. The lowest BCUT2D eigenvalue weighted by molar-refractivity contribution is 0.0996. The van der Waals surface area contributed by atoms with Gasteiger partial charge in [-0.15, -0.1) is 0 Å². The van der Waals surface area contributed by atoms with Crippen LogP contribution in [0.1, 0.15) is 52.9 Å². The van der Waals surface area contributed by atoms with E-state index in [1.165, 1.54) is 0 Å². The molecule has 2 amide bonds. The summed E-state index contributed by atoms with van der Waals surface area (Å²) in [4.78, 5) is 29.5. The normalized spacial score (nSPS) is 11.7. The molecular formula is C27H33N6O5P. The predicted octanol–water partition coefficient (Wildman–Crippen LogP) is 4.05. The van der Waals surface area contributed by atoms with Crippen LogP contribution in [-0.2, 0) is 33.1 Å². The van der Waals surface area contributed by atoms with E-state index < -0.39 is 13.5 Å². The molecule has 39 heavy (non-hydrogen) atoms. The number of imidazole rings is 1. The van der Waals surface area contributed by atoms with Crippen LogP contribution >= 0.6 is 7.60 Å². The number of benzene rings is 2. The third kappa shape index (κ3) is 6.11. The Labute approximate surface area is 226 Å². The molecule has 0 aliphatic carbocycles. The van der Waals surface area contributed by atoms with Crippen LogP contribution < -0.4 is 16.4 Å². The smallest absolute Gasteiger partial charge is 0.361 e. The molecule has 11 nitrogen and oxygen atoms in total. The Morgan fingerprint density at radius 3 is 2.33 bits per heavy atom. The molecule has 0 aliphatic heterocycles. The molecule has 4 aromatic rings. The first-order valence-electron chi connectivity index (χ1n) is 12.8. The summed E-state index contributed by atoms with van der Waals surface area (Å²) in [6, 6.07) is 14.0. The molecule has 3 N–H and O–H groups in total. The minimum atomic E-state index is -3.37. The van der Waals surface area contributed by atoms with Crippen molar-refractivity contribution in [3.63, 3.8) is 0 Å². The zero-order chi connectivity index (χ0) is 28.2. The second-order valence-corrected chi connectivity index (χ2v) is 10.9. The summed E-state index contributed by atoms with van der Waals surface area (Å²) in [7, 11) is -3.37. The number of nitrogens with two attached hydrogens (primary N) is 1. The Balaban J connectivity index is 1.63. The number of anilines is 1. The predicted molar refractivity (Wildman–Crippen MR) is 149 cm³/mol. The van der Waals surface area contributed by atoms with Crippen LogP contribution in [-0.4, -0.2) is 44.4 Å². The van der Waals surface area contributed by atoms with E-state index in [0.29, 0.717) is 47.5 Å². The molecule has 0 saturated carbocycles. The van der Waals surface area contributed by atoms with E-state index in [1.807, 2.05) is 30.5 Å². The minimum absolute atomic E-state index is 0.275. The molecule has 0 saturated heterocycles. The van der Waals surface area contributed by atoms with Gasteiger partial charge in [0.25, 0.3) is 5.91 Å². The van der Waals surface area contributed by atoms with Crippen molar-refractivity contribution < 1.29 is 23.2 Å². The Morgan fingerprint density at radius 1 is 1.03 bits per heavy atom. The molecule has 2 heterocycles. The van der Waals surface area contributed by atoms with Gasteiger partial charge in [-0.3, -0.25) is 24.2 Å². The van der Waals surface area contributed by atoms with Crippen molar-refractivity contribution in [2.24, 2.45) is 5.73 Å². The number of nitrogens with zero attached hydrogens (tertiary/aromatic N) is 4. The summed E-state index contributed by atoms with van der Waals surface area (Å²) in [5, 5.41) is 7.76. The number of carbonyl (C=O) groups is 2. The molecule has 0 fully saturated rings. The lowest BCUT2D eigenvalue weighted by Gasteiger charge is -2.17. The third-order valence-corrected chi connectivity index (χ3v) is 8.29. The molecule has 0 unspecified atom stereocenters. The van der Waals surface area contributed by atoms with Gasteiger partial charge in [0.2, 0.25) is 11.9 Å². The number of nitrogens with one attached hydrogen (secondary N) is 1. The molecule has 0 radical (unpaired) electrons. The largest absolute Gasteiger partial charge is 0.366 e. The van der Waals surface area contributed by atoms with E-state index in [2.05, 4.69) is 15.4 Å². The number of hydrogen-bond acceptors (Lipinski definition) is 7. The fraction of sp³-hybridized carbons (Fsp3) is 0.333. The van der Waals surface area contributed by atoms with Gasteiger partial charge in [-0.1, -0.05) is 12.1 Å². The second kappa shape index (κ2) is 11.9. The van der Waals surface area contributed by atoms with E-state index in [9.17, 15) is 14.2 Å². The molecule has 0 aliphatic rings. The van der Waals surface area contributed by atoms with Crippen molar-refractivity contribution in [1.82, 2.24) is 19.3 Å². The minimum Gasteiger partial charge on any atom is -0.366 e. The van der Waals surface area contributed by atoms with Gasteiger partial charge < -0.3 is 19.3 Å². The summed E-state index contributed by atoms with van der Waals surface area (Å²) in [5.74, 6) is -0.557. The fourth-order valence-electron chi connectivity index (χ4n) is 4.35. The molecule has 0 atom stereocenters. The van der Waals surface area contributed by atoms with Crippen LogP contribution in [0.15, 0.2) is 48.5 Å². The summed E-state index contributed by atoms with van der Waals surface area (Å²) in [5.41, 5.74) is 9.21. The molecule has 206 valence electrons. The Hall–Kier alpha value is -3.79. The van der Waals surface area contributed by atoms with Gasteiger partial charge >= 0.3 is 7.60 Å². The first-order valence-corrected chi connectivity index (χ1v) is 14.4. The fourth-order valence-corrected chi connectivity index (χ4v) is 5.92. The summed E-state index contributed by atoms with van der Waals surface area (Å²) in [6.07, 6.45) is 0.589. The maximum absolute atomic E-state index is 13.2. The van der Waals surface area contributed by atoms with Gasteiger partial charge in [0, 0.05) is 18.7 Å². The Bertz CT molecular complexity index is 1530. The summed E-state index contributed by atoms with van der Waals surface area (Å²) < 4.78 is 27.5. The van der Waals surface area contributed by atoms with Crippen molar-refractivity contribution in [3.8, 4) is 0 Å². The van der Waals surface area contributed by atoms with Crippen molar-refractivity contribution in [3.05, 3.63) is 71.0 Å². The van der Waals surface area contributed by atoms with Gasteiger partial charge in [-0.25, -0.2) is 4.98 Å². The molecule has 2 aromatic heterocycles. The van der Waals surface area contributed by atoms with Crippen LogP contribution in [0.25, 0.3) is 11.0 Å². The summed E-state index contributed by atoms with van der Waals surface area (Å²) in [6.45, 7) is 8.86. The third-order valence-electron chi connectivity index (χ3n) is 6.17. The average molecular weight is 553 g/mol. The van der Waals surface area contributed by atoms with Crippen LogP contribution in [0.2, 0.25) is 0 Å². The summed E-state index contributed by atoms with van der Waals surface area (Å²) >= 11 is 0. The van der Waals surface area contributed by atoms with Crippen molar-refractivity contribution in [1.29, 1.82) is 0 Å². The zero-order valence-corrected chi connectivity index (χ0v) is 23.4. The highest BCUT2D eigenvalue weighted by atomic mass is 31.2. The van der Waals surface area contributed by atoms with Crippen LogP contribution in [0.3, 0.4) is 0 Å². The van der Waals surface area contributed by atoms with Gasteiger partial charge in [0.1, 0.15) is 5.69 Å². The van der Waals surface area contributed by atoms with Gasteiger partial charge in [0.15, 0.2) is 0 Å². The van der Waals surface area contributed by atoms with Crippen LogP contribution in [0.4, 0.5) is 5.95 Å². The number of primary amides is 1. The average Bonchev–Trinajstić information content (AvgIpc) is 3.46. The number of fused-ring (bicyclic) bond motifs is 1. The van der Waals surface area contributed by atoms with E-state index in [4.69, 9.17) is 14.8 Å². The molecular weight excluding hydrogens is 519 g/mol. The highest BCUT2D eigenvalue weighted by Crippen LogP contribution is 2.46. The van der Waals surface area contributed by atoms with Gasteiger partial charge in [-0.05, 0) is 76.1 Å². The van der Waals surface area contributed by atoms with E-state index in [0.717, 1.165) is 16.8 Å². The van der Waals surface area contributed by atoms with Gasteiger partial charge in [0.05, 0.1) is 35.2 Å². The first-order chi connectivity index (χ1) is 18.7. The number of carbonyl (C=O) groups excluding carboxylic acids is 2.